The Kier molecular flexibility index (Phi) is 4.67. The molecule has 21 heavy (non-hydrogen) atoms. The van der Waals surface area contributed by atoms with E-state index < -0.39 is 0 Å². The molecule has 1 aromatic rings. The number of amides is 2. The molecule has 0 aromatic heterocycles. The van der Waals surface area contributed by atoms with Crippen LogP contribution in [0.15, 0.2) is 23.3 Å². The fourth-order valence-electron chi connectivity index (χ4n) is 2.30. The van der Waals surface area contributed by atoms with Gasteiger partial charge in [-0.1, -0.05) is 16.7 Å². The van der Waals surface area contributed by atoms with E-state index in [1.807, 2.05) is 0 Å². The minimum atomic E-state index is -0.277. The van der Waals surface area contributed by atoms with Crippen LogP contribution >= 0.6 is 11.6 Å². The van der Waals surface area contributed by atoms with Gasteiger partial charge in [0.25, 0.3) is 5.91 Å². The molecule has 1 fully saturated rings. The van der Waals surface area contributed by atoms with Crippen molar-refractivity contribution in [2.75, 3.05) is 25.0 Å². The molecule has 1 aliphatic rings. The van der Waals surface area contributed by atoms with E-state index in [1.165, 1.54) is 7.05 Å². The molecule has 1 unspecified atom stereocenters. The minimum absolute atomic E-state index is 0.00536. The van der Waals surface area contributed by atoms with E-state index in [0.29, 0.717) is 30.8 Å². The first-order valence-corrected chi connectivity index (χ1v) is 6.77. The van der Waals surface area contributed by atoms with Crippen molar-refractivity contribution in [3.05, 3.63) is 39.2 Å². The van der Waals surface area contributed by atoms with E-state index in [-0.39, 0.29) is 22.8 Å². The topological polar surface area (TPSA) is 98.2 Å². The van der Waals surface area contributed by atoms with Gasteiger partial charge in [0.15, 0.2) is 0 Å². The average molecular weight is 308 g/mol. The summed E-state index contributed by atoms with van der Waals surface area (Å²) in [4.78, 5) is 27.9. The summed E-state index contributed by atoms with van der Waals surface area (Å²) in [6.07, 6.45) is 0.341. The van der Waals surface area contributed by atoms with Gasteiger partial charge in [-0.15, -0.1) is 0 Å². The first kappa shape index (κ1) is 15.2. The highest BCUT2D eigenvalue weighted by molar-refractivity contribution is 6.34. The molecule has 0 radical (unpaired) electrons. The Morgan fingerprint density at radius 1 is 1.62 bits per heavy atom. The Labute approximate surface area is 126 Å². The number of rotatable bonds is 4. The van der Waals surface area contributed by atoms with Crippen LogP contribution in [0.5, 0.6) is 0 Å². The second-order valence-corrected chi connectivity index (χ2v) is 5.14. The Balaban J connectivity index is 2.19. The number of anilines is 1. The molecule has 0 saturated carbocycles. The van der Waals surface area contributed by atoms with Gasteiger partial charge in [-0.25, -0.2) is 0 Å². The first-order valence-electron chi connectivity index (χ1n) is 6.39. The van der Waals surface area contributed by atoms with Crippen molar-refractivity contribution in [3.8, 4) is 0 Å². The molecule has 1 heterocycles. The smallest absolute Gasteiger partial charge is 0.252 e. The second kappa shape index (κ2) is 6.47. The lowest BCUT2D eigenvalue weighted by Crippen LogP contribution is -2.25. The van der Waals surface area contributed by atoms with E-state index in [2.05, 4.69) is 15.3 Å². The van der Waals surface area contributed by atoms with Crippen molar-refractivity contribution in [2.45, 2.75) is 6.42 Å². The van der Waals surface area contributed by atoms with Crippen LogP contribution in [-0.4, -0.2) is 32.0 Å². The van der Waals surface area contributed by atoms with Gasteiger partial charge in [0.1, 0.15) is 0 Å². The van der Waals surface area contributed by atoms with E-state index in [1.54, 1.807) is 23.1 Å². The van der Waals surface area contributed by atoms with E-state index >= 15 is 0 Å². The SMILES string of the molecule is CNC(=O)c1ccc(N2CC(CN=[N+]=[N-])CC2=O)cc1Cl. The highest BCUT2D eigenvalue weighted by Crippen LogP contribution is 2.29. The number of hydrogen-bond acceptors (Lipinski definition) is 3. The van der Waals surface area contributed by atoms with Crippen LogP contribution in [0.1, 0.15) is 16.8 Å². The van der Waals surface area contributed by atoms with Crippen molar-refractivity contribution in [2.24, 2.45) is 11.0 Å². The molecular formula is C13H14ClN5O2. The Hall–Kier alpha value is -2.24. The number of benzene rings is 1. The molecule has 0 bridgehead atoms. The zero-order valence-corrected chi connectivity index (χ0v) is 12.2. The van der Waals surface area contributed by atoms with E-state index in [4.69, 9.17) is 17.1 Å². The maximum atomic E-state index is 12.0. The lowest BCUT2D eigenvalue weighted by Gasteiger charge is -2.17. The number of hydrogen-bond donors (Lipinski definition) is 1. The normalized spacial score (nSPS) is 17.5. The van der Waals surface area contributed by atoms with Crippen molar-refractivity contribution in [1.29, 1.82) is 0 Å². The number of carbonyl (C=O) groups is 2. The van der Waals surface area contributed by atoms with Crippen LogP contribution in [0.4, 0.5) is 5.69 Å². The number of carbonyl (C=O) groups excluding carboxylic acids is 2. The van der Waals surface area contributed by atoms with Crippen LogP contribution in [0.3, 0.4) is 0 Å². The number of nitrogens with zero attached hydrogens (tertiary/aromatic N) is 4. The Morgan fingerprint density at radius 2 is 2.38 bits per heavy atom. The summed E-state index contributed by atoms with van der Waals surface area (Å²) in [5.74, 6) is -0.316. The summed E-state index contributed by atoms with van der Waals surface area (Å²) < 4.78 is 0. The number of nitrogens with one attached hydrogen (secondary N) is 1. The lowest BCUT2D eigenvalue weighted by atomic mass is 10.1. The largest absolute Gasteiger partial charge is 0.355 e. The third-order valence-electron chi connectivity index (χ3n) is 3.34. The molecule has 1 aromatic carbocycles. The van der Waals surface area contributed by atoms with Gasteiger partial charge >= 0.3 is 0 Å². The Morgan fingerprint density at radius 3 is 3.00 bits per heavy atom. The molecule has 2 amide bonds. The molecule has 110 valence electrons. The molecule has 1 aliphatic heterocycles. The fourth-order valence-corrected chi connectivity index (χ4v) is 2.56. The van der Waals surface area contributed by atoms with Crippen LogP contribution < -0.4 is 10.2 Å². The summed E-state index contributed by atoms with van der Waals surface area (Å²) in [6.45, 7) is 0.774. The standard InChI is InChI=1S/C13H14ClN5O2/c1-16-13(21)10-3-2-9(5-11(10)14)19-7-8(4-12(19)20)6-17-18-15/h2-3,5,8H,4,6-7H2,1H3,(H,16,21). The van der Waals surface area contributed by atoms with Crippen molar-refractivity contribution in [3.63, 3.8) is 0 Å². The summed E-state index contributed by atoms with van der Waals surface area (Å²) >= 11 is 6.08. The van der Waals surface area contributed by atoms with Crippen molar-refractivity contribution in [1.82, 2.24) is 5.32 Å². The number of azide groups is 1. The molecule has 1 N–H and O–H groups in total. The highest BCUT2D eigenvalue weighted by atomic mass is 35.5. The molecule has 2 rings (SSSR count). The van der Waals surface area contributed by atoms with Crippen LogP contribution in [0.25, 0.3) is 10.4 Å². The molecule has 8 heteroatoms. The quantitative estimate of drug-likeness (QED) is 0.524. The van der Waals surface area contributed by atoms with Crippen LogP contribution in [0, 0.1) is 5.92 Å². The second-order valence-electron chi connectivity index (χ2n) is 4.73. The van der Waals surface area contributed by atoms with Crippen molar-refractivity contribution < 1.29 is 9.59 Å². The zero-order valence-electron chi connectivity index (χ0n) is 11.4. The van der Waals surface area contributed by atoms with E-state index in [9.17, 15) is 9.59 Å². The Bertz CT molecular complexity index is 627. The van der Waals surface area contributed by atoms with Gasteiger partial charge < -0.3 is 10.2 Å². The summed E-state index contributed by atoms with van der Waals surface area (Å²) in [5, 5.41) is 6.29. The third kappa shape index (κ3) is 3.26. The molecule has 0 spiro atoms. The summed E-state index contributed by atoms with van der Waals surface area (Å²) in [6, 6.07) is 4.87. The van der Waals surface area contributed by atoms with Gasteiger partial charge in [0.2, 0.25) is 5.91 Å². The maximum absolute atomic E-state index is 12.0. The van der Waals surface area contributed by atoms with Gasteiger partial charge in [0.05, 0.1) is 10.6 Å². The average Bonchev–Trinajstić information content (AvgIpc) is 2.85. The van der Waals surface area contributed by atoms with Gasteiger partial charge in [0, 0.05) is 37.2 Å². The minimum Gasteiger partial charge on any atom is -0.355 e. The maximum Gasteiger partial charge on any atom is 0.252 e. The molecule has 1 saturated heterocycles. The zero-order chi connectivity index (χ0) is 15.4. The van der Waals surface area contributed by atoms with E-state index in [0.717, 1.165) is 0 Å². The van der Waals surface area contributed by atoms with Gasteiger partial charge in [-0.3, -0.25) is 9.59 Å². The monoisotopic (exact) mass is 307 g/mol. The van der Waals surface area contributed by atoms with Crippen LogP contribution in [-0.2, 0) is 4.79 Å². The third-order valence-corrected chi connectivity index (χ3v) is 3.66. The first-order chi connectivity index (χ1) is 10.1. The fraction of sp³-hybridized carbons (Fsp3) is 0.385. The molecule has 7 nitrogen and oxygen atoms in total. The van der Waals surface area contributed by atoms with Gasteiger partial charge in [-0.05, 0) is 29.6 Å². The highest BCUT2D eigenvalue weighted by Gasteiger charge is 2.30. The van der Waals surface area contributed by atoms with Crippen LogP contribution in [0.2, 0.25) is 5.02 Å². The van der Waals surface area contributed by atoms with Gasteiger partial charge in [-0.2, -0.15) is 0 Å². The molecule has 1 atom stereocenters. The molecular weight excluding hydrogens is 294 g/mol. The molecule has 0 aliphatic carbocycles. The number of halogens is 1. The predicted molar refractivity (Wildman–Crippen MR) is 79.3 cm³/mol. The summed E-state index contributed by atoms with van der Waals surface area (Å²) in [7, 11) is 1.52. The lowest BCUT2D eigenvalue weighted by molar-refractivity contribution is -0.117. The summed E-state index contributed by atoms with van der Waals surface area (Å²) in [5.41, 5.74) is 9.32. The predicted octanol–water partition coefficient (Wildman–Crippen LogP) is 2.36. The van der Waals surface area contributed by atoms with Crippen molar-refractivity contribution >= 4 is 29.1 Å².